The number of aliphatic hydroxyl groups excluding tert-OH is 1. The maximum Gasteiger partial charge on any atom is 0.416 e. The molecular weight excluding hydrogens is 383 g/mol. The van der Waals surface area contributed by atoms with Crippen molar-refractivity contribution in [2.75, 3.05) is 6.61 Å². The molecule has 2 aromatic heterocycles. The number of carbonyl (C=O) groups is 2. The van der Waals surface area contributed by atoms with Gasteiger partial charge in [-0.05, 0) is 12.5 Å². The maximum atomic E-state index is 14.3. The zero-order chi connectivity index (χ0) is 21.0. The van der Waals surface area contributed by atoms with Crippen molar-refractivity contribution in [3.63, 3.8) is 0 Å². The molecular formula is C20H19FN2O6. The number of hydrogen-bond donors (Lipinski definition) is 2. The first kappa shape index (κ1) is 20.3. The number of pyridine rings is 1. The van der Waals surface area contributed by atoms with Crippen LogP contribution in [-0.2, 0) is 16.1 Å². The van der Waals surface area contributed by atoms with Gasteiger partial charge >= 0.3 is 12.1 Å². The molecule has 0 saturated heterocycles. The summed E-state index contributed by atoms with van der Waals surface area (Å²) in [6.45, 7) is 1.67. The molecule has 3 rings (SSSR count). The van der Waals surface area contributed by atoms with Crippen molar-refractivity contribution < 1.29 is 33.7 Å². The quantitative estimate of drug-likeness (QED) is 0.584. The van der Waals surface area contributed by atoms with Crippen LogP contribution < -0.4 is 4.74 Å². The second-order valence-corrected chi connectivity index (χ2v) is 6.15. The largest absolute Gasteiger partial charge is 0.473 e. The van der Waals surface area contributed by atoms with Gasteiger partial charge in [0, 0.05) is 23.2 Å². The first-order valence-electron chi connectivity index (χ1n) is 8.82. The number of carboxylic acid groups (broad SMARTS) is 1. The van der Waals surface area contributed by atoms with Gasteiger partial charge in [0.1, 0.15) is 12.7 Å². The van der Waals surface area contributed by atoms with Crippen LogP contribution in [0, 0.1) is 0 Å². The molecule has 0 fully saturated rings. The third kappa shape index (κ3) is 4.35. The van der Waals surface area contributed by atoms with Crippen LogP contribution >= 0.6 is 0 Å². The van der Waals surface area contributed by atoms with Gasteiger partial charge in [-0.3, -0.25) is 4.57 Å². The number of alkyl halides is 1. The third-order valence-corrected chi connectivity index (χ3v) is 4.24. The molecule has 0 radical (unpaired) electrons. The van der Waals surface area contributed by atoms with Gasteiger partial charge in [-0.15, -0.1) is 0 Å². The van der Waals surface area contributed by atoms with E-state index in [1.165, 1.54) is 19.2 Å². The van der Waals surface area contributed by atoms with E-state index in [0.717, 1.165) is 16.3 Å². The molecule has 0 aliphatic carbocycles. The third-order valence-electron chi connectivity index (χ3n) is 4.24. The van der Waals surface area contributed by atoms with Crippen LogP contribution in [-0.4, -0.2) is 44.6 Å². The van der Waals surface area contributed by atoms with Crippen LogP contribution in [0.1, 0.15) is 24.2 Å². The minimum atomic E-state index is -2.37. The standard InChI is InChI=1S/C20H19FN2O6/c1-2-28-19(25)17(21)18(24)14-10-23(20(26)27)15-9-22-16(8-13(14)15)29-11-12-6-4-3-5-7-12/h3-10,17-18,24H,2,11H2,1H3,(H,26,27). The SMILES string of the molecule is CCOC(=O)C(F)C(O)c1cn(C(=O)O)c2cnc(OCc3ccccc3)cc12. The normalized spacial score (nSPS) is 13.1. The first-order chi connectivity index (χ1) is 13.9. The Morgan fingerprint density at radius 3 is 2.66 bits per heavy atom. The molecule has 29 heavy (non-hydrogen) atoms. The Kier molecular flexibility index (Phi) is 6.08. The van der Waals surface area contributed by atoms with Crippen LogP contribution in [0.5, 0.6) is 5.88 Å². The number of carbonyl (C=O) groups excluding carboxylic acids is 1. The summed E-state index contributed by atoms with van der Waals surface area (Å²) in [5, 5.41) is 19.9. The molecule has 0 aliphatic rings. The zero-order valence-corrected chi connectivity index (χ0v) is 15.5. The van der Waals surface area contributed by atoms with Gasteiger partial charge in [-0.2, -0.15) is 0 Å². The van der Waals surface area contributed by atoms with Gasteiger partial charge in [0.2, 0.25) is 12.1 Å². The number of aliphatic hydroxyl groups is 1. The topological polar surface area (TPSA) is 111 Å². The van der Waals surface area contributed by atoms with Crippen LogP contribution in [0.4, 0.5) is 9.18 Å². The van der Waals surface area contributed by atoms with Crippen LogP contribution in [0.15, 0.2) is 48.8 Å². The molecule has 2 unspecified atom stereocenters. The molecule has 0 bridgehead atoms. The number of benzene rings is 1. The summed E-state index contributed by atoms with van der Waals surface area (Å²) in [6, 6.07) is 10.7. The lowest BCUT2D eigenvalue weighted by Crippen LogP contribution is -2.26. The first-order valence-corrected chi connectivity index (χ1v) is 8.82. The summed E-state index contributed by atoms with van der Waals surface area (Å²) < 4.78 is 25.3. The Bertz CT molecular complexity index is 1020. The van der Waals surface area contributed by atoms with Crippen molar-refractivity contribution in [3.8, 4) is 5.88 Å². The number of aromatic nitrogens is 2. The monoisotopic (exact) mass is 402 g/mol. The number of halogens is 1. The second-order valence-electron chi connectivity index (χ2n) is 6.15. The van der Waals surface area contributed by atoms with Gasteiger partial charge in [-0.25, -0.2) is 19.0 Å². The van der Waals surface area contributed by atoms with E-state index in [-0.39, 0.29) is 35.6 Å². The van der Waals surface area contributed by atoms with Gasteiger partial charge in [-0.1, -0.05) is 30.3 Å². The predicted octanol–water partition coefficient (Wildman–Crippen LogP) is 3.08. The minimum absolute atomic E-state index is 0.0513. The Hall–Kier alpha value is -3.46. The van der Waals surface area contributed by atoms with E-state index in [9.17, 15) is 24.2 Å². The second kappa shape index (κ2) is 8.70. The lowest BCUT2D eigenvalue weighted by molar-refractivity contribution is -0.153. The van der Waals surface area contributed by atoms with E-state index in [2.05, 4.69) is 9.72 Å². The summed E-state index contributed by atoms with van der Waals surface area (Å²) in [6.07, 6.45) is -3.34. The summed E-state index contributed by atoms with van der Waals surface area (Å²) in [7, 11) is 0. The smallest absolute Gasteiger partial charge is 0.416 e. The zero-order valence-electron chi connectivity index (χ0n) is 15.5. The Balaban J connectivity index is 1.95. The molecule has 0 saturated carbocycles. The highest BCUT2D eigenvalue weighted by atomic mass is 19.1. The molecule has 2 N–H and O–H groups in total. The number of ether oxygens (including phenoxy) is 2. The highest BCUT2D eigenvalue weighted by molar-refractivity contribution is 5.92. The van der Waals surface area contributed by atoms with E-state index < -0.39 is 24.3 Å². The highest BCUT2D eigenvalue weighted by Crippen LogP contribution is 2.31. The molecule has 2 heterocycles. The number of fused-ring (bicyclic) bond motifs is 1. The summed E-state index contributed by atoms with van der Waals surface area (Å²) in [4.78, 5) is 27.2. The van der Waals surface area contributed by atoms with Gasteiger partial charge in [0.25, 0.3) is 0 Å². The Morgan fingerprint density at radius 1 is 1.28 bits per heavy atom. The maximum absolute atomic E-state index is 14.3. The van der Waals surface area contributed by atoms with E-state index >= 15 is 0 Å². The highest BCUT2D eigenvalue weighted by Gasteiger charge is 2.32. The molecule has 0 spiro atoms. The lowest BCUT2D eigenvalue weighted by Gasteiger charge is -2.14. The summed E-state index contributed by atoms with van der Waals surface area (Å²) >= 11 is 0. The van der Waals surface area contributed by atoms with E-state index in [0.29, 0.717) is 0 Å². The molecule has 8 nitrogen and oxygen atoms in total. The van der Waals surface area contributed by atoms with E-state index in [1.54, 1.807) is 0 Å². The molecule has 0 amide bonds. The summed E-state index contributed by atoms with van der Waals surface area (Å²) in [5.41, 5.74) is 0.925. The average molecular weight is 402 g/mol. The molecule has 3 aromatic rings. The minimum Gasteiger partial charge on any atom is -0.473 e. The summed E-state index contributed by atoms with van der Waals surface area (Å²) in [5.74, 6) is -1.07. The van der Waals surface area contributed by atoms with Gasteiger partial charge < -0.3 is 19.7 Å². The predicted molar refractivity (Wildman–Crippen MR) is 100 cm³/mol. The number of hydrogen-bond acceptors (Lipinski definition) is 6. The van der Waals surface area contributed by atoms with Crippen LogP contribution in [0.2, 0.25) is 0 Å². The molecule has 2 atom stereocenters. The molecule has 9 heteroatoms. The van der Waals surface area contributed by atoms with Crippen molar-refractivity contribution in [2.24, 2.45) is 0 Å². The number of rotatable bonds is 7. The fraction of sp³-hybridized carbons (Fsp3) is 0.250. The van der Waals surface area contributed by atoms with Crippen LogP contribution in [0.25, 0.3) is 10.9 Å². The van der Waals surface area contributed by atoms with E-state index in [4.69, 9.17) is 4.74 Å². The number of esters is 1. The molecule has 152 valence electrons. The van der Waals surface area contributed by atoms with Gasteiger partial charge in [0.05, 0.1) is 18.3 Å². The van der Waals surface area contributed by atoms with Crippen molar-refractivity contribution in [1.29, 1.82) is 0 Å². The van der Waals surface area contributed by atoms with Crippen molar-refractivity contribution in [1.82, 2.24) is 9.55 Å². The number of nitrogens with zero attached hydrogens (tertiary/aromatic N) is 2. The van der Waals surface area contributed by atoms with Gasteiger partial charge in [0.15, 0.2) is 0 Å². The van der Waals surface area contributed by atoms with Crippen molar-refractivity contribution >= 4 is 23.0 Å². The molecule has 0 aliphatic heterocycles. The van der Waals surface area contributed by atoms with E-state index in [1.807, 2.05) is 30.3 Å². The van der Waals surface area contributed by atoms with Crippen molar-refractivity contribution in [3.05, 3.63) is 59.9 Å². The Labute approximate surface area is 165 Å². The van der Waals surface area contributed by atoms with Crippen LogP contribution in [0.3, 0.4) is 0 Å². The van der Waals surface area contributed by atoms with Crippen molar-refractivity contribution in [2.45, 2.75) is 25.8 Å². The average Bonchev–Trinajstić information content (AvgIpc) is 3.11. The Morgan fingerprint density at radius 2 is 2.00 bits per heavy atom. The lowest BCUT2D eigenvalue weighted by atomic mass is 10.1. The molecule has 1 aromatic carbocycles. The fourth-order valence-electron chi connectivity index (χ4n) is 2.84. The fourth-order valence-corrected chi connectivity index (χ4v) is 2.84.